The average molecular weight is 276 g/mol. The van der Waals surface area contributed by atoms with E-state index >= 15 is 0 Å². The van der Waals surface area contributed by atoms with Crippen molar-refractivity contribution in [2.75, 3.05) is 6.54 Å². The average Bonchev–Trinajstić information content (AvgIpc) is 2.44. The summed E-state index contributed by atoms with van der Waals surface area (Å²) in [5, 5.41) is 2.91. The van der Waals surface area contributed by atoms with Gasteiger partial charge < -0.3 is 10.2 Å². The fraction of sp³-hybridized carbons (Fsp3) is 0.500. The molecule has 0 aliphatic heterocycles. The van der Waals surface area contributed by atoms with E-state index in [0.29, 0.717) is 19.5 Å². The summed E-state index contributed by atoms with van der Waals surface area (Å²) in [5.74, 6) is -0.0103. The lowest BCUT2D eigenvalue weighted by Gasteiger charge is -2.21. The van der Waals surface area contributed by atoms with Gasteiger partial charge in [0.05, 0.1) is 0 Å². The molecule has 0 aliphatic carbocycles. The van der Waals surface area contributed by atoms with Gasteiger partial charge in [-0.15, -0.1) is 0 Å². The zero-order valence-corrected chi connectivity index (χ0v) is 12.6. The van der Waals surface area contributed by atoms with Crippen molar-refractivity contribution in [3.05, 3.63) is 35.9 Å². The summed E-state index contributed by atoms with van der Waals surface area (Å²) in [5.41, 5.74) is 1.07. The molecule has 0 aromatic heterocycles. The second kappa shape index (κ2) is 8.35. The van der Waals surface area contributed by atoms with Crippen LogP contribution in [0.25, 0.3) is 0 Å². The molecule has 2 amide bonds. The highest BCUT2D eigenvalue weighted by molar-refractivity contribution is 5.78. The van der Waals surface area contributed by atoms with Gasteiger partial charge in [0, 0.05) is 32.5 Å². The number of carbonyl (C=O) groups excluding carboxylic acids is 2. The standard InChI is InChI=1S/C16H24N2O2/c1-4-13(2)17-16(20)10-11-18(14(3)19)12-15-8-6-5-7-9-15/h5-9,13H,4,10-12H2,1-3H3,(H,17,20). The number of rotatable bonds is 7. The van der Waals surface area contributed by atoms with Crippen LogP contribution in [0.2, 0.25) is 0 Å². The smallest absolute Gasteiger partial charge is 0.221 e. The van der Waals surface area contributed by atoms with Crippen LogP contribution in [-0.4, -0.2) is 29.3 Å². The van der Waals surface area contributed by atoms with Gasteiger partial charge in [-0.2, -0.15) is 0 Å². The molecule has 110 valence electrons. The Bertz CT molecular complexity index is 431. The molecular formula is C16H24N2O2. The third-order valence-corrected chi connectivity index (χ3v) is 3.29. The fourth-order valence-corrected chi connectivity index (χ4v) is 1.84. The minimum atomic E-state index is -0.00908. The van der Waals surface area contributed by atoms with Crippen molar-refractivity contribution in [3.8, 4) is 0 Å². The molecule has 0 aliphatic rings. The topological polar surface area (TPSA) is 49.4 Å². The highest BCUT2D eigenvalue weighted by Gasteiger charge is 2.12. The number of hydrogen-bond acceptors (Lipinski definition) is 2. The lowest BCUT2D eigenvalue weighted by molar-refractivity contribution is -0.130. The molecule has 0 spiro atoms. The number of nitrogens with one attached hydrogen (secondary N) is 1. The van der Waals surface area contributed by atoms with Crippen LogP contribution < -0.4 is 5.32 Å². The summed E-state index contributed by atoms with van der Waals surface area (Å²) in [4.78, 5) is 25.1. The normalized spacial score (nSPS) is 11.8. The Hall–Kier alpha value is -1.84. The van der Waals surface area contributed by atoms with Crippen molar-refractivity contribution in [1.82, 2.24) is 10.2 Å². The molecule has 0 radical (unpaired) electrons. The molecule has 1 N–H and O–H groups in total. The molecule has 1 aromatic carbocycles. The molecule has 20 heavy (non-hydrogen) atoms. The molecular weight excluding hydrogens is 252 g/mol. The lowest BCUT2D eigenvalue weighted by atomic mass is 10.2. The number of hydrogen-bond donors (Lipinski definition) is 1. The Kier molecular flexibility index (Phi) is 6.77. The molecule has 0 saturated heterocycles. The van der Waals surface area contributed by atoms with E-state index in [2.05, 4.69) is 5.32 Å². The number of carbonyl (C=O) groups is 2. The maximum absolute atomic E-state index is 11.7. The first-order valence-electron chi connectivity index (χ1n) is 7.11. The van der Waals surface area contributed by atoms with Gasteiger partial charge in [0.2, 0.25) is 11.8 Å². The van der Waals surface area contributed by atoms with Gasteiger partial charge in [-0.3, -0.25) is 9.59 Å². The highest BCUT2D eigenvalue weighted by Crippen LogP contribution is 2.05. The van der Waals surface area contributed by atoms with Gasteiger partial charge in [0.1, 0.15) is 0 Å². The van der Waals surface area contributed by atoms with E-state index in [4.69, 9.17) is 0 Å². The molecule has 1 rings (SSSR count). The van der Waals surface area contributed by atoms with E-state index in [0.717, 1.165) is 12.0 Å². The molecule has 4 nitrogen and oxygen atoms in total. The van der Waals surface area contributed by atoms with Crippen LogP contribution in [0.1, 0.15) is 39.2 Å². The quantitative estimate of drug-likeness (QED) is 0.831. The summed E-state index contributed by atoms with van der Waals surface area (Å²) in [6.07, 6.45) is 1.25. The van der Waals surface area contributed by atoms with Gasteiger partial charge >= 0.3 is 0 Å². The van der Waals surface area contributed by atoms with E-state index in [1.807, 2.05) is 44.2 Å². The number of nitrogens with zero attached hydrogens (tertiary/aromatic N) is 1. The Morgan fingerprint density at radius 1 is 1.25 bits per heavy atom. The van der Waals surface area contributed by atoms with Crippen LogP contribution in [0, 0.1) is 0 Å². The zero-order chi connectivity index (χ0) is 15.0. The second-order valence-corrected chi connectivity index (χ2v) is 5.05. The summed E-state index contributed by atoms with van der Waals surface area (Å²) in [7, 11) is 0. The summed E-state index contributed by atoms with van der Waals surface area (Å²) in [6.45, 7) is 6.54. The summed E-state index contributed by atoms with van der Waals surface area (Å²) < 4.78 is 0. The first-order chi connectivity index (χ1) is 9.52. The van der Waals surface area contributed by atoms with Gasteiger partial charge in [0.25, 0.3) is 0 Å². The summed E-state index contributed by atoms with van der Waals surface area (Å²) in [6, 6.07) is 9.99. The molecule has 0 heterocycles. The van der Waals surface area contributed by atoms with Crippen LogP contribution in [-0.2, 0) is 16.1 Å². The van der Waals surface area contributed by atoms with Crippen molar-refractivity contribution in [1.29, 1.82) is 0 Å². The van der Waals surface area contributed by atoms with Crippen LogP contribution in [0.15, 0.2) is 30.3 Å². The molecule has 1 unspecified atom stereocenters. The second-order valence-electron chi connectivity index (χ2n) is 5.05. The Morgan fingerprint density at radius 3 is 2.45 bits per heavy atom. The maximum Gasteiger partial charge on any atom is 0.221 e. The molecule has 4 heteroatoms. The lowest BCUT2D eigenvalue weighted by Crippen LogP contribution is -2.36. The van der Waals surface area contributed by atoms with Crippen molar-refractivity contribution in [2.45, 2.75) is 46.2 Å². The Labute approximate surface area is 121 Å². The van der Waals surface area contributed by atoms with E-state index in [-0.39, 0.29) is 17.9 Å². The van der Waals surface area contributed by atoms with Crippen molar-refractivity contribution in [3.63, 3.8) is 0 Å². The van der Waals surface area contributed by atoms with Crippen molar-refractivity contribution < 1.29 is 9.59 Å². The van der Waals surface area contributed by atoms with E-state index < -0.39 is 0 Å². The van der Waals surface area contributed by atoms with Gasteiger partial charge in [0.15, 0.2) is 0 Å². The van der Waals surface area contributed by atoms with E-state index in [1.54, 1.807) is 4.90 Å². The molecule has 0 saturated carbocycles. The number of amides is 2. The highest BCUT2D eigenvalue weighted by atomic mass is 16.2. The monoisotopic (exact) mass is 276 g/mol. The third kappa shape index (κ3) is 5.87. The molecule has 0 fully saturated rings. The van der Waals surface area contributed by atoms with Crippen LogP contribution in [0.5, 0.6) is 0 Å². The first-order valence-corrected chi connectivity index (χ1v) is 7.11. The summed E-state index contributed by atoms with van der Waals surface area (Å²) >= 11 is 0. The predicted molar refractivity (Wildman–Crippen MR) is 80.0 cm³/mol. The minimum Gasteiger partial charge on any atom is -0.354 e. The minimum absolute atomic E-state index is 0.00124. The Balaban J connectivity index is 2.48. The van der Waals surface area contributed by atoms with Crippen molar-refractivity contribution in [2.24, 2.45) is 0 Å². The van der Waals surface area contributed by atoms with Crippen molar-refractivity contribution >= 4 is 11.8 Å². The van der Waals surface area contributed by atoms with Gasteiger partial charge in [-0.25, -0.2) is 0 Å². The first kappa shape index (κ1) is 16.2. The fourth-order valence-electron chi connectivity index (χ4n) is 1.84. The Morgan fingerprint density at radius 2 is 1.90 bits per heavy atom. The molecule has 1 aromatic rings. The largest absolute Gasteiger partial charge is 0.354 e. The van der Waals surface area contributed by atoms with Crippen LogP contribution >= 0.6 is 0 Å². The van der Waals surface area contributed by atoms with E-state index in [1.165, 1.54) is 6.92 Å². The maximum atomic E-state index is 11.7. The SMILES string of the molecule is CCC(C)NC(=O)CCN(Cc1ccccc1)C(C)=O. The van der Waals surface area contributed by atoms with Gasteiger partial charge in [-0.1, -0.05) is 37.3 Å². The number of benzene rings is 1. The zero-order valence-electron chi connectivity index (χ0n) is 12.6. The van der Waals surface area contributed by atoms with E-state index in [9.17, 15) is 9.59 Å². The third-order valence-electron chi connectivity index (χ3n) is 3.29. The van der Waals surface area contributed by atoms with Crippen LogP contribution in [0.3, 0.4) is 0 Å². The molecule has 0 bridgehead atoms. The van der Waals surface area contributed by atoms with Gasteiger partial charge in [-0.05, 0) is 18.9 Å². The van der Waals surface area contributed by atoms with Crippen LogP contribution in [0.4, 0.5) is 0 Å². The molecule has 1 atom stereocenters. The predicted octanol–water partition coefficient (Wildman–Crippen LogP) is 2.34.